The van der Waals surface area contributed by atoms with Crippen LogP contribution in [0.4, 0.5) is 13.2 Å². The van der Waals surface area contributed by atoms with E-state index in [4.69, 9.17) is 0 Å². The summed E-state index contributed by atoms with van der Waals surface area (Å²) in [6.07, 6.45) is -1.09. The number of alkyl halides is 3. The second-order valence-corrected chi connectivity index (χ2v) is 6.29. The molecule has 0 amide bonds. The van der Waals surface area contributed by atoms with Crippen LogP contribution in [0.3, 0.4) is 0 Å². The maximum Gasteiger partial charge on any atom is 0.401 e. The SMILES string of the molecule is CCNC(=NCC(CC)CC)NCC1CCN(CC(F)(F)F)C1.I. The third kappa shape index (κ3) is 9.90. The molecule has 1 aliphatic rings. The summed E-state index contributed by atoms with van der Waals surface area (Å²) in [7, 11) is 0. The van der Waals surface area contributed by atoms with Crippen molar-refractivity contribution >= 4 is 29.9 Å². The average Bonchev–Trinajstić information content (AvgIpc) is 2.91. The first-order chi connectivity index (χ1) is 10.9. The van der Waals surface area contributed by atoms with Crippen LogP contribution in [0, 0.1) is 11.8 Å². The van der Waals surface area contributed by atoms with Crippen LogP contribution < -0.4 is 10.6 Å². The largest absolute Gasteiger partial charge is 0.401 e. The lowest BCUT2D eigenvalue weighted by Crippen LogP contribution is -2.41. The summed E-state index contributed by atoms with van der Waals surface area (Å²) in [5.41, 5.74) is 0. The Morgan fingerprint density at radius 2 is 1.88 bits per heavy atom. The van der Waals surface area contributed by atoms with E-state index in [9.17, 15) is 13.2 Å². The number of rotatable bonds is 8. The lowest BCUT2D eigenvalue weighted by atomic mass is 10.0. The maximum absolute atomic E-state index is 12.4. The van der Waals surface area contributed by atoms with E-state index >= 15 is 0 Å². The van der Waals surface area contributed by atoms with Gasteiger partial charge in [0.2, 0.25) is 0 Å². The van der Waals surface area contributed by atoms with Crippen molar-refractivity contribution in [2.45, 2.75) is 46.2 Å². The number of likely N-dealkylation sites (tertiary alicyclic amines) is 1. The normalized spacial score (nSPS) is 19.5. The molecular formula is C16H32F3IN4. The van der Waals surface area contributed by atoms with Crippen molar-refractivity contribution in [1.82, 2.24) is 15.5 Å². The van der Waals surface area contributed by atoms with Crippen LogP contribution in [-0.4, -0.2) is 56.3 Å². The first kappa shape index (κ1) is 23.8. The molecule has 0 aliphatic carbocycles. The van der Waals surface area contributed by atoms with E-state index in [1.54, 1.807) is 0 Å². The third-order valence-electron chi connectivity index (χ3n) is 4.34. The Kier molecular flexibility index (Phi) is 12.0. The standard InChI is InChI=1S/C16H31F3N4.HI/c1-4-13(5-2)9-21-15(20-6-3)22-10-14-7-8-23(11-14)12-16(17,18)19;/h13-14H,4-12H2,1-3H3,(H2,20,21,22);1H. The second-order valence-electron chi connectivity index (χ2n) is 6.29. The molecule has 144 valence electrons. The average molecular weight is 464 g/mol. The van der Waals surface area contributed by atoms with E-state index in [-0.39, 0.29) is 29.9 Å². The molecule has 4 nitrogen and oxygen atoms in total. The van der Waals surface area contributed by atoms with Gasteiger partial charge in [-0.2, -0.15) is 13.2 Å². The van der Waals surface area contributed by atoms with Gasteiger partial charge in [-0.1, -0.05) is 26.7 Å². The molecule has 0 aromatic carbocycles. The summed E-state index contributed by atoms with van der Waals surface area (Å²) < 4.78 is 37.2. The zero-order valence-corrected chi connectivity index (χ0v) is 17.3. The van der Waals surface area contributed by atoms with Crippen LogP contribution in [0.5, 0.6) is 0 Å². The number of aliphatic imine (C=N–C) groups is 1. The van der Waals surface area contributed by atoms with Gasteiger partial charge >= 0.3 is 6.18 Å². The Morgan fingerprint density at radius 3 is 2.42 bits per heavy atom. The predicted molar refractivity (Wildman–Crippen MR) is 104 cm³/mol. The summed E-state index contributed by atoms with van der Waals surface area (Å²) in [6.45, 7) is 8.79. The molecule has 1 aliphatic heterocycles. The summed E-state index contributed by atoms with van der Waals surface area (Å²) in [5, 5.41) is 6.49. The van der Waals surface area contributed by atoms with Crippen LogP contribution >= 0.6 is 24.0 Å². The fourth-order valence-corrected chi connectivity index (χ4v) is 2.83. The number of halogens is 4. The van der Waals surface area contributed by atoms with Gasteiger partial charge in [0.05, 0.1) is 6.54 Å². The van der Waals surface area contributed by atoms with Crippen molar-refractivity contribution in [3.05, 3.63) is 0 Å². The molecule has 1 saturated heterocycles. The molecule has 0 saturated carbocycles. The summed E-state index contributed by atoms with van der Waals surface area (Å²) in [5.74, 6) is 1.60. The van der Waals surface area contributed by atoms with Gasteiger partial charge in [0, 0.05) is 26.2 Å². The zero-order valence-electron chi connectivity index (χ0n) is 15.0. The monoisotopic (exact) mass is 464 g/mol. The van der Waals surface area contributed by atoms with Crippen molar-refractivity contribution in [1.29, 1.82) is 0 Å². The molecule has 0 aromatic rings. The van der Waals surface area contributed by atoms with Crippen molar-refractivity contribution in [3.63, 3.8) is 0 Å². The maximum atomic E-state index is 12.4. The van der Waals surface area contributed by atoms with E-state index in [1.807, 2.05) is 6.92 Å². The lowest BCUT2D eigenvalue weighted by Gasteiger charge is -2.19. The van der Waals surface area contributed by atoms with Crippen LogP contribution in [0.15, 0.2) is 4.99 Å². The van der Waals surface area contributed by atoms with Gasteiger partial charge in [-0.25, -0.2) is 0 Å². The lowest BCUT2D eigenvalue weighted by molar-refractivity contribution is -0.143. The zero-order chi connectivity index (χ0) is 17.3. The number of hydrogen-bond acceptors (Lipinski definition) is 2. The highest BCUT2D eigenvalue weighted by molar-refractivity contribution is 14.0. The summed E-state index contributed by atoms with van der Waals surface area (Å²) >= 11 is 0. The number of hydrogen-bond donors (Lipinski definition) is 2. The molecule has 1 atom stereocenters. The first-order valence-electron chi connectivity index (χ1n) is 8.69. The Balaban J connectivity index is 0.00000529. The fraction of sp³-hybridized carbons (Fsp3) is 0.938. The van der Waals surface area contributed by atoms with Gasteiger partial charge in [-0.05, 0) is 31.7 Å². The molecule has 8 heteroatoms. The molecule has 1 unspecified atom stereocenters. The molecule has 0 aromatic heterocycles. The van der Waals surface area contributed by atoms with Crippen LogP contribution in [-0.2, 0) is 0 Å². The van der Waals surface area contributed by atoms with Crippen LogP contribution in [0.25, 0.3) is 0 Å². The number of guanidine groups is 1. The van der Waals surface area contributed by atoms with Crippen molar-refractivity contribution in [2.24, 2.45) is 16.8 Å². The van der Waals surface area contributed by atoms with Crippen molar-refractivity contribution < 1.29 is 13.2 Å². The van der Waals surface area contributed by atoms with E-state index in [2.05, 4.69) is 29.5 Å². The van der Waals surface area contributed by atoms with E-state index in [0.29, 0.717) is 25.6 Å². The molecule has 0 spiro atoms. The van der Waals surface area contributed by atoms with E-state index in [0.717, 1.165) is 38.3 Å². The minimum atomic E-state index is -4.10. The third-order valence-corrected chi connectivity index (χ3v) is 4.34. The van der Waals surface area contributed by atoms with E-state index in [1.165, 1.54) is 4.90 Å². The quantitative estimate of drug-likeness (QED) is 0.328. The highest BCUT2D eigenvalue weighted by Gasteiger charge is 2.34. The Morgan fingerprint density at radius 1 is 1.21 bits per heavy atom. The number of nitrogens with zero attached hydrogens (tertiary/aromatic N) is 2. The molecule has 1 heterocycles. The Bertz CT molecular complexity index is 360. The van der Waals surface area contributed by atoms with Crippen LogP contribution in [0.1, 0.15) is 40.0 Å². The summed E-state index contributed by atoms with van der Waals surface area (Å²) in [6, 6.07) is 0. The van der Waals surface area contributed by atoms with Gasteiger partial charge in [0.1, 0.15) is 0 Å². The van der Waals surface area contributed by atoms with Crippen LogP contribution in [0.2, 0.25) is 0 Å². The highest BCUT2D eigenvalue weighted by Crippen LogP contribution is 2.22. The fourth-order valence-electron chi connectivity index (χ4n) is 2.83. The van der Waals surface area contributed by atoms with Gasteiger partial charge in [0.15, 0.2) is 5.96 Å². The molecule has 1 fully saturated rings. The number of nitrogens with one attached hydrogen (secondary N) is 2. The van der Waals surface area contributed by atoms with Gasteiger partial charge in [0.25, 0.3) is 0 Å². The molecule has 0 radical (unpaired) electrons. The van der Waals surface area contributed by atoms with E-state index < -0.39 is 12.7 Å². The smallest absolute Gasteiger partial charge is 0.357 e. The highest BCUT2D eigenvalue weighted by atomic mass is 127. The molecule has 0 bridgehead atoms. The first-order valence-corrected chi connectivity index (χ1v) is 8.69. The molecule has 24 heavy (non-hydrogen) atoms. The Hall–Kier alpha value is -0.250. The van der Waals surface area contributed by atoms with Gasteiger partial charge < -0.3 is 10.6 Å². The topological polar surface area (TPSA) is 39.7 Å². The molecular weight excluding hydrogens is 432 g/mol. The Labute approximate surface area is 161 Å². The predicted octanol–water partition coefficient (Wildman–Crippen LogP) is 3.48. The minimum Gasteiger partial charge on any atom is -0.357 e. The molecule has 2 N–H and O–H groups in total. The van der Waals surface area contributed by atoms with Gasteiger partial charge in [-0.3, -0.25) is 9.89 Å². The van der Waals surface area contributed by atoms with Gasteiger partial charge in [-0.15, -0.1) is 24.0 Å². The van der Waals surface area contributed by atoms with Crippen molar-refractivity contribution in [2.75, 3.05) is 39.3 Å². The minimum absolute atomic E-state index is 0. The van der Waals surface area contributed by atoms with Crippen molar-refractivity contribution in [3.8, 4) is 0 Å². The molecule has 1 rings (SSSR count). The summed E-state index contributed by atoms with van der Waals surface area (Å²) in [4.78, 5) is 6.08. The second kappa shape index (κ2) is 12.2.